The number of hydrogen-bond acceptors (Lipinski definition) is 3. The molecule has 1 aliphatic carbocycles. The van der Waals surface area contributed by atoms with Gasteiger partial charge in [0.15, 0.2) is 21.5 Å². The van der Waals surface area contributed by atoms with Crippen LogP contribution in [-0.4, -0.2) is 25.7 Å². The van der Waals surface area contributed by atoms with E-state index in [1.54, 1.807) is 0 Å². The van der Waals surface area contributed by atoms with Crippen LogP contribution < -0.4 is 0 Å². The first-order chi connectivity index (χ1) is 9.20. The minimum atomic E-state index is -3.90. The molecule has 4 nitrogen and oxygen atoms in total. The molecule has 1 aromatic carbocycles. The van der Waals surface area contributed by atoms with Crippen molar-refractivity contribution in [3.63, 3.8) is 0 Å². The first kappa shape index (κ1) is 14.9. The maximum absolute atomic E-state index is 14.1. The van der Waals surface area contributed by atoms with E-state index in [1.165, 1.54) is 0 Å². The second-order valence-corrected chi connectivity index (χ2v) is 7.09. The van der Waals surface area contributed by atoms with Gasteiger partial charge in [0.25, 0.3) is 0 Å². The fourth-order valence-corrected chi connectivity index (χ4v) is 3.50. The molecule has 0 atom stereocenters. The maximum atomic E-state index is 14.1. The van der Waals surface area contributed by atoms with E-state index in [0.29, 0.717) is 12.8 Å². The molecular weight excluding hydrogens is 290 g/mol. The molecule has 1 saturated carbocycles. The van der Waals surface area contributed by atoms with Gasteiger partial charge in [-0.1, -0.05) is 18.9 Å². The van der Waals surface area contributed by atoms with Crippen molar-refractivity contribution in [3.05, 3.63) is 29.3 Å². The maximum Gasteiger partial charge on any atom is 0.314 e. The Kier molecular flexibility index (Phi) is 3.58. The molecule has 0 aliphatic heterocycles. The lowest BCUT2D eigenvalue weighted by Crippen LogP contribution is -2.34. The van der Waals surface area contributed by atoms with Crippen LogP contribution in [0.15, 0.2) is 17.0 Å². The molecular formula is C13H14F2O4S. The molecule has 110 valence electrons. The van der Waals surface area contributed by atoms with Crippen molar-refractivity contribution < 1.29 is 27.1 Å². The standard InChI is InChI=1S/C13H14F2O4S/c1-20(18,19)9-5-4-8(10(14)11(9)15)13(12(16)17)6-2-3-7-13/h4-5H,2-3,6-7H2,1H3,(H,16,17). The number of hydrogen-bond donors (Lipinski definition) is 1. The van der Waals surface area contributed by atoms with Gasteiger partial charge in [-0.2, -0.15) is 0 Å². The topological polar surface area (TPSA) is 71.4 Å². The summed E-state index contributed by atoms with van der Waals surface area (Å²) in [7, 11) is -3.90. The van der Waals surface area contributed by atoms with Crippen LogP contribution in [0.2, 0.25) is 0 Å². The summed E-state index contributed by atoms with van der Waals surface area (Å²) < 4.78 is 50.7. The largest absolute Gasteiger partial charge is 0.481 e. The van der Waals surface area contributed by atoms with Gasteiger partial charge in [0.05, 0.1) is 5.41 Å². The summed E-state index contributed by atoms with van der Waals surface area (Å²) in [5.41, 5.74) is -1.73. The number of benzene rings is 1. The Bertz CT molecular complexity index is 661. The zero-order chi connectivity index (χ0) is 15.1. The molecule has 1 aliphatic rings. The Morgan fingerprint density at radius 1 is 1.20 bits per heavy atom. The average Bonchev–Trinajstić information content (AvgIpc) is 2.81. The minimum absolute atomic E-state index is 0.219. The summed E-state index contributed by atoms with van der Waals surface area (Å²) in [5.74, 6) is -4.09. The van der Waals surface area contributed by atoms with E-state index in [0.717, 1.165) is 18.4 Å². The van der Waals surface area contributed by atoms with Crippen molar-refractivity contribution >= 4 is 15.8 Å². The van der Waals surface area contributed by atoms with E-state index < -0.39 is 37.8 Å². The van der Waals surface area contributed by atoms with E-state index in [9.17, 15) is 27.1 Å². The molecule has 7 heteroatoms. The molecule has 0 amide bonds. The van der Waals surface area contributed by atoms with E-state index in [1.807, 2.05) is 0 Å². The van der Waals surface area contributed by atoms with Crippen LogP contribution in [0.5, 0.6) is 0 Å². The van der Waals surface area contributed by atoms with Crippen molar-refractivity contribution in [3.8, 4) is 0 Å². The second kappa shape index (κ2) is 4.80. The molecule has 0 bridgehead atoms. The Hall–Kier alpha value is -1.50. The van der Waals surface area contributed by atoms with E-state index >= 15 is 0 Å². The first-order valence-corrected chi connectivity index (χ1v) is 8.01. The average molecular weight is 304 g/mol. The normalized spacial score (nSPS) is 18.1. The van der Waals surface area contributed by atoms with Crippen molar-refractivity contribution in [2.45, 2.75) is 36.0 Å². The molecule has 1 fully saturated rings. The molecule has 2 rings (SSSR count). The summed E-state index contributed by atoms with van der Waals surface area (Å²) in [4.78, 5) is 10.7. The van der Waals surface area contributed by atoms with Crippen molar-refractivity contribution in [1.29, 1.82) is 0 Å². The molecule has 1 N–H and O–H groups in total. The number of aliphatic carboxylic acids is 1. The monoisotopic (exact) mass is 304 g/mol. The van der Waals surface area contributed by atoms with Gasteiger partial charge in [0.2, 0.25) is 0 Å². The lowest BCUT2D eigenvalue weighted by atomic mass is 9.78. The third-order valence-corrected chi connectivity index (χ3v) is 4.94. The third-order valence-electron chi connectivity index (χ3n) is 3.83. The molecule has 0 saturated heterocycles. The van der Waals surface area contributed by atoms with Crippen LogP contribution in [0.1, 0.15) is 31.2 Å². The molecule has 0 aromatic heterocycles. The van der Waals surface area contributed by atoms with Crippen LogP contribution in [0.25, 0.3) is 0 Å². The smallest absolute Gasteiger partial charge is 0.314 e. The van der Waals surface area contributed by atoms with Gasteiger partial charge in [0, 0.05) is 11.8 Å². The van der Waals surface area contributed by atoms with E-state index in [4.69, 9.17) is 0 Å². The highest BCUT2D eigenvalue weighted by Gasteiger charge is 2.45. The number of sulfone groups is 1. The van der Waals surface area contributed by atoms with Gasteiger partial charge in [0.1, 0.15) is 4.90 Å². The molecule has 0 spiro atoms. The Balaban J connectivity index is 2.66. The third kappa shape index (κ3) is 2.19. The van der Waals surface area contributed by atoms with Crippen LogP contribution in [0, 0.1) is 11.6 Å². The number of carbonyl (C=O) groups is 1. The summed E-state index contributed by atoms with van der Waals surface area (Å²) >= 11 is 0. The Morgan fingerprint density at radius 2 is 1.75 bits per heavy atom. The molecule has 0 heterocycles. The van der Waals surface area contributed by atoms with E-state index in [-0.39, 0.29) is 18.4 Å². The van der Waals surface area contributed by atoms with Crippen molar-refractivity contribution in [2.75, 3.05) is 6.26 Å². The predicted molar refractivity (Wildman–Crippen MR) is 67.2 cm³/mol. The number of carboxylic acid groups (broad SMARTS) is 1. The van der Waals surface area contributed by atoms with Crippen LogP contribution in [-0.2, 0) is 20.0 Å². The second-order valence-electron chi connectivity index (χ2n) is 5.11. The van der Waals surface area contributed by atoms with Gasteiger partial charge in [-0.25, -0.2) is 17.2 Å². The van der Waals surface area contributed by atoms with Crippen LogP contribution >= 0.6 is 0 Å². The Labute approximate surface area is 115 Å². The predicted octanol–water partition coefficient (Wildman–Crippen LogP) is 2.26. The molecule has 1 aromatic rings. The van der Waals surface area contributed by atoms with Gasteiger partial charge < -0.3 is 5.11 Å². The SMILES string of the molecule is CS(=O)(=O)c1ccc(C2(C(=O)O)CCCC2)c(F)c1F. The summed E-state index contributed by atoms with van der Waals surface area (Å²) in [6.07, 6.45) is 2.43. The molecule has 0 radical (unpaired) electrons. The van der Waals surface area contributed by atoms with Crippen molar-refractivity contribution in [1.82, 2.24) is 0 Å². The van der Waals surface area contributed by atoms with Gasteiger partial charge >= 0.3 is 5.97 Å². The quantitative estimate of drug-likeness (QED) is 0.930. The highest BCUT2D eigenvalue weighted by molar-refractivity contribution is 7.90. The van der Waals surface area contributed by atoms with Gasteiger partial charge in [-0.05, 0) is 18.9 Å². The zero-order valence-corrected chi connectivity index (χ0v) is 11.6. The number of halogens is 2. The Morgan fingerprint density at radius 3 is 2.20 bits per heavy atom. The number of carboxylic acids is 1. The van der Waals surface area contributed by atoms with Crippen LogP contribution in [0.3, 0.4) is 0 Å². The first-order valence-electron chi connectivity index (χ1n) is 6.12. The minimum Gasteiger partial charge on any atom is -0.481 e. The molecule has 0 unspecified atom stereocenters. The van der Waals surface area contributed by atoms with Gasteiger partial charge in [-0.15, -0.1) is 0 Å². The van der Waals surface area contributed by atoms with E-state index in [2.05, 4.69) is 0 Å². The fraction of sp³-hybridized carbons (Fsp3) is 0.462. The number of rotatable bonds is 3. The highest BCUT2D eigenvalue weighted by atomic mass is 32.2. The summed E-state index contributed by atoms with van der Waals surface area (Å²) in [6, 6.07) is 2.01. The lowest BCUT2D eigenvalue weighted by Gasteiger charge is -2.25. The van der Waals surface area contributed by atoms with Crippen molar-refractivity contribution in [2.24, 2.45) is 0 Å². The highest BCUT2D eigenvalue weighted by Crippen LogP contribution is 2.43. The zero-order valence-electron chi connectivity index (χ0n) is 10.8. The van der Waals surface area contributed by atoms with Crippen LogP contribution in [0.4, 0.5) is 8.78 Å². The fourth-order valence-electron chi connectivity index (χ4n) is 2.76. The van der Waals surface area contributed by atoms with Gasteiger partial charge in [-0.3, -0.25) is 4.79 Å². The lowest BCUT2D eigenvalue weighted by molar-refractivity contribution is -0.143. The summed E-state index contributed by atoms with van der Waals surface area (Å²) in [5, 5.41) is 9.35. The summed E-state index contributed by atoms with van der Waals surface area (Å²) in [6.45, 7) is 0. The molecule has 20 heavy (non-hydrogen) atoms.